The number of fused-ring (bicyclic) bond motifs is 1. The van der Waals surface area contributed by atoms with E-state index in [1.54, 1.807) is 7.11 Å². The second-order valence-electron chi connectivity index (χ2n) is 7.90. The van der Waals surface area contributed by atoms with Crippen LogP contribution in [0.1, 0.15) is 18.1 Å². The van der Waals surface area contributed by atoms with E-state index in [9.17, 15) is 4.79 Å². The van der Waals surface area contributed by atoms with Gasteiger partial charge in [-0.05, 0) is 31.4 Å². The molecule has 2 aromatic rings. The van der Waals surface area contributed by atoms with Crippen LogP contribution in [0.15, 0.2) is 29.4 Å². The van der Waals surface area contributed by atoms with Crippen LogP contribution in [0.2, 0.25) is 0 Å². The second-order valence-corrected chi connectivity index (χ2v) is 7.90. The van der Waals surface area contributed by atoms with Gasteiger partial charge >= 0.3 is 0 Å². The molecular weight excluding hydrogens is 519 g/mol. The van der Waals surface area contributed by atoms with Crippen LogP contribution in [-0.2, 0) is 16.0 Å². The molecule has 1 aliphatic heterocycles. The lowest BCUT2D eigenvalue weighted by Crippen LogP contribution is -2.54. The Labute approximate surface area is 208 Å². The van der Waals surface area contributed by atoms with Crippen molar-refractivity contribution in [1.82, 2.24) is 25.4 Å². The zero-order valence-corrected chi connectivity index (χ0v) is 21.8. The second kappa shape index (κ2) is 13.6. The number of guanidine groups is 1. The van der Waals surface area contributed by atoms with Crippen LogP contribution >= 0.6 is 24.0 Å². The van der Waals surface area contributed by atoms with Gasteiger partial charge in [-0.25, -0.2) is 0 Å². The molecule has 0 unspecified atom stereocenters. The third-order valence-corrected chi connectivity index (χ3v) is 5.65. The van der Waals surface area contributed by atoms with E-state index in [0.29, 0.717) is 19.7 Å². The van der Waals surface area contributed by atoms with Crippen LogP contribution in [0.3, 0.4) is 0 Å². The van der Waals surface area contributed by atoms with Gasteiger partial charge in [0.2, 0.25) is 5.91 Å². The van der Waals surface area contributed by atoms with Crippen molar-refractivity contribution >= 4 is 46.7 Å². The summed E-state index contributed by atoms with van der Waals surface area (Å²) in [7, 11) is 1.64. The first-order valence-corrected chi connectivity index (χ1v) is 11.2. The number of aryl methyl sites for hydroxylation is 1. The van der Waals surface area contributed by atoms with Gasteiger partial charge in [0.15, 0.2) is 5.96 Å². The summed E-state index contributed by atoms with van der Waals surface area (Å²) in [6, 6.07) is 6.42. The number of aromatic amines is 1. The van der Waals surface area contributed by atoms with Crippen molar-refractivity contribution < 1.29 is 9.53 Å². The van der Waals surface area contributed by atoms with Gasteiger partial charge in [0.05, 0.1) is 13.2 Å². The van der Waals surface area contributed by atoms with Crippen LogP contribution in [0, 0.1) is 6.92 Å². The molecule has 2 heterocycles. The molecule has 9 heteroatoms. The Balaban J connectivity index is 0.00000363. The number of amides is 1. The van der Waals surface area contributed by atoms with E-state index in [1.807, 2.05) is 0 Å². The molecule has 1 saturated heterocycles. The Hall–Kier alpha value is -1.85. The predicted octanol–water partition coefficient (Wildman–Crippen LogP) is 1.98. The average Bonchev–Trinajstić information content (AvgIpc) is 3.18. The summed E-state index contributed by atoms with van der Waals surface area (Å²) in [4.78, 5) is 24.8. The Kier molecular flexibility index (Phi) is 11.3. The first-order valence-electron chi connectivity index (χ1n) is 11.2. The molecule has 1 aromatic carbocycles. The number of methoxy groups -OCH3 is 1. The number of halogens is 1. The number of ether oxygens (including phenoxy) is 1. The number of H-pyrrole nitrogens is 1. The van der Waals surface area contributed by atoms with E-state index in [1.165, 1.54) is 22.0 Å². The summed E-state index contributed by atoms with van der Waals surface area (Å²) in [5.41, 5.74) is 3.80. The fourth-order valence-electron chi connectivity index (χ4n) is 3.95. The maximum atomic E-state index is 12.0. The van der Waals surface area contributed by atoms with E-state index >= 15 is 0 Å². The van der Waals surface area contributed by atoms with Crippen molar-refractivity contribution in [2.45, 2.75) is 20.3 Å². The minimum Gasteiger partial charge on any atom is -0.383 e. The Morgan fingerprint density at radius 2 is 2.00 bits per heavy atom. The van der Waals surface area contributed by atoms with Crippen molar-refractivity contribution in [3.8, 4) is 0 Å². The molecule has 1 aromatic heterocycles. The average molecular weight is 556 g/mol. The first kappa shape index (κ1) is 26.4. The molecule has 1 fully saturated rings. The van der Waals surface area contributed by atoms with E-state index in [2.05, 4.69) is 63.7 Å². The van der Waals surface area contributed by atoms with Crippen molar-refractivity contribution in [2.24, 2.45) is 4.99 Å². The molecular formula is C23H37IN6O2. The first-order chi connectivity index (χ1) is 15.1. The molecule has 0 spiro atoms. The molecule has 0 atom stereocenters. The fourth-order valence-corrected chi connectivity index (χ4v) is 3.95. The smallest absolute Gasteiger partial charge is 0.234 e. The largest absolute Gasteiger partial charge is 0.383 e. The fraction of sp³-hybridized carbons (Fsp3) is 0.565. The molecule has 178 valence electrons. The summed E-state index contributed by atoms with van der Waals surface area (Å²) >= 11 is 0. The minimum atomic E-state index is 0. The number of carbonyl (C=O) groups excluding carboxylic acids is 1. The van der Waals surface area contributed by atoms with Crippen LogP contribution in [-0.4, -0.2) is 92.7 Å². The quantitative estimate of drug-likeness (QED) is 0.191. The molecule has 0 radical (unpaired) electrons. The number of nitrogens with one attached hydrogen (secondary N) is 3. The number of hydrogen-bond acceptors (Lipinski definition) is 4. The van der Waals surface area contributed by atoms with E-state index < -0.39 is 0 Å². The van der Waals surface area contributed by atoms with Gasteiger partial charge in [0.1, 0.15) is 0 Å². The number of aromatic nitrogens is 1. The third kappa shape index (κ3) is 7.35. The van der Waals surface area contributed by atoms with Gasteiger partial charge in [0, 0.05) is 70.0 Å². The standard InChI is InChI=1S/C23H36N6O2.HI/c1-4-24-23(26-9-8-19-16-27-22-18(2)6-5-7-20(19)22)29-13-11-28(12-14-29)17-21(30)25-10-15-31-3;/h5-7,16,27H,4,8-15,17H2,1-3H3,(H,24,26)(H,25,30);1H. The number of nitrogens with zero attached hydrogens (tertiary/aromatic N) is 3. The summed E-state index contributed by atoms with van der Waals surface area (Å²) in [6.07, 6.45) is 3.01. The summed E-state index contributed by atoms with van der Waals surface area (Å²) in [5.74, 6) is 1.02. The van der Waals surface area contributed by atoms with Gasteiger partial charge in [-0.15, -0.1) is 24.0 Å². The highest BCUT2D eigenvalue weighted by Gasteiger charge is 2.21. The molecule has 32 heavy (non-hydrogen) atoms. The van der Waals surface area contributed by atoms with Crippen LogP contribution in [0.5, 0.6) is 0 Å². The van der Waals surface area contributed by atoms with Crippen LogP contribution < -0.4 is 10.6 Å². The number of piperazine rings is 1. The Morgan fingerprint density at radius 3 is 2.72 bits per heavy atom. The number of benzene rings is 1. The number of rotatable bonds is 9. The lowest BCUT2D eigenvalue weighted by Gasteiger charge is -2.36. The monoisotopic (exact) mass is 556 g/mol. The van der Waals surface area contributed by atoms with Crippen molar-refractivity contribution in [3.05, 3.63) is 35.5 Å². The van der Waals surface area contributed by atoms with Crippen molar-refractivity contribution in [2.75, 3.05) is 66.1 Å². The molecule has 0 bridgehead atoms. The molecule has 0 saturated carbocycles. The third-order valence-electron chi connectivity index (χ3n) is 5.65. The Morgan fingerprint density at radius 1 is 1.22 bits per heavy atom. The van der Waals surface area contributed by atoms with Gasteiger partial charge in [-0.3, -0.25) is 14.7 Å². The highest BCUT2D eigenvalue weighted by Crippen LogP contribution is 2.21. The minimum absolute atomic E-state index is 0. The number of para-hydroxylation sites is 1. The zero-order chi connectivity index (χ0) is 22.1. The van der Waals surface area contributed by atoms with Crippen molar-refractivity contribution in [1.29, 1.82) is 0 Å². The van der Waals surface area contributed by atoms with Crippen LogP contribution in [0.4, 0.5) is 0 Å². The highest BCUT2D eigenvalue weighted by atomic mass is 127. The summed E-state index contributed by atoms with van der Waals surface area (Å²) in [6.45, 7) is 10.8. The van der Waals surface area contributed by atoms with Crippen LogP contribution in [0.25, 0.3) is 10.9 Å². The molecule has 8 nitrogen and oxygen atoms in total. The van der Waals surface area contributed by atoms with E-state index in [-0.39, 0.29) is 29.9 Å². The SMILES string of the molecule is CCNC(=NCCc1c[nH]c2c(C)cccc12)N1CCN(CC(=O)NCCOC)CC1.I. The van der Waals surface area contributed by atoms with Gasteiger partial charge in [0.25, 0.3) is 0 Å². The van der Waals surface area contributed by atoms with Gasteiger partial charge < -0.3 is 25.3 Å². The Bertz CT molecular complexity index is 876. The lowest BCUT2D eigenvalue weighted by atomic mass is 10.1. The summed E-state index contributed by atoms with van der Waals surface area (Å²) in [5, 5.41) is 7.60. The van der Waals surface area contributed by atoms with Gasteiger partial charge in [-0.2, -0.15) is 0 Å². The molecule has 3 rings (SSSR count). The predicted molar refractivity (Wildman–Crippen MR) is 141 cm³/mol. The zero-order valence-electron chi connectivity index (χ0n) is 19.4. The maximum Gasteiger partial charge on any atom is 0.234 e. The lowest BCUT2D eigenvalue weighted by molar-refractivity contribution is -0.122. The number of aliphatic imine (C=N–C) groups is 1. The molecule has 0 aliphatic carbocycles. The normalized spacial score (nSPS) is 15.0. The summed E-state index contributed by atoms with van der Waals surface area (Å²) < 4.78 is 4.97. The van der Waals surface area contributed by atoms with E-state index in [0.717, 1.165) is 51.6 Å². The number of hydrogen-bond donors (Lipinski definition) is 3. The number of carbonyl (C=O) groups is 1. The van der Waals surface area contributed by atoms with Gasteiger partial charge in [-0.1, -0.05) is 18.2 Å². The maximum absolute atomic E-state index is 12.0. The highest BCUT2D eigenvalue weighted by molar-refractivity contribution is 14.0. The molecule has 1 amide bonds. The topological polar surface area (TPSA) is 85.0 Å². The van der Waals surface area contributed by atoms with Crippen molar-refractivity contribution in [3.63, 3.8) is 0 Å². The molecule has 3 N–H and O–H groups in total. The molecule has 1 aliphatic rings. The van der Waals surface area contributed by atoms with E-state index in [4.69, 9.17) is 9.73 Å².